The van der Waals surface area contributed by atoms with Crippen LogP contribution in [0.15, 0.2) is 0 Å². The Morgan fingerprint density at radius 3 is 2.91 bits per heavy atom. The molecular formula is C7H12O2S2. The SMILES string of the molecule is O=S1SC2CCCCC1C2O. The monoisotopic (exact) mass is 192 g/mol. The van der Waals surface area contributed by atoms with Crippen LogP contribution < -0.4 is 0 Å². The molecule has 11 heavy (non-hydrogen) atoms. The Kier molecular flexibility index (Phi) is 2.25. The standard InChI is InChI=1S/C7H12O2S2/c8-7-5-3-1-2-4-6(7)11(9)10-5/h5-8H,1-4H2. The molecule has 2 nitrogen and oxygen atoms in total. The van der Waals surface area contributed by atoms with E-state index in [0.717, 1.165) is 19.3 Å². The highest BCUT2D eigenvalue weighted by Gasteiger charge is 2.42. The van der Waals surface area contributed by atoms with E-state index in [1.807, 2.05) is 0 Å². The van der Waals surface area contributed by atoms with Gasteiger partial charge in [0.2, 0.25) is 0 Å². The number of rotatable bonds is 0. The van der Waals surface area contributed by atoms with Gasteiger partial charge in [-0.15, -0.1) is 0 Å². The van der Waals surface area contributed by atoms with E-state index in [1.54, 1.807) is 0 Å². The van der Waals surface area contributed by atoms with Crippen LogP contribution >= 0.6 is 10.8 Å². The van der Waals surface area contributed by atoms with Crippen molar-refractivity contribution in [3.63, 3.8) is 0 Å². The van der Waals surface area contributed by atoms with Gasteiger partial charge in [0.05, 0.1) is 21.2 Å². The average molecular weight is 192 g/mol. The Morgan fingerprint density at radius 2 is 2.09 bits per heavy atom. The molecule has 1 saturated carbocycles. The minimum atomic E-state index is -0.803. The second-order valence-corrected chi connectivity index (χ2v) is 6.70. The first kappa shape index (κ1) is 8.08. The molecule has 1 aliphatic heterocycles. The van der Waals surface area contributed by atoms with Gasteiger partial charge in [0.25, 0.3) is 0 Å². The number of fused-ring (bicyclic) bond motifs is 2. The minimum absolute atomic E-state index is 0.0764. The Labute approximate surface area is 72.6 Å². The number of aliphatic hydroxyl groups excluding tert-OH is 1. The van der Waals surface area contributed by atoms with E-state index in [9.17, 15) is 9.32 Å². The lowest BCUT2D eigenvalue weighted by Gasteiger charge is -2.10. The summed E-state index contributed by atoms with van der Waals surface area (Å²) in [6, 6.07) is 0. The van der Waals surface area contributed by atoms with E-state index in [0.29, 0.717) is 0 Å². The van der Waals surface area contributed by atoms with Crippen molar-refractivity contribution in [1.82, 2.24) is 0 Å². The molecule has 1 heterocycles. The lowest BCUT2D eigenvalue weighted by Crippen LogP contribution is -2.27. The van der Waals surface area contributed by atoms with Gasteiger partial charge in [-0.3, -0.25) is 0 Å². The second-order valence-electron chi connectivity index (χ2n) is 3.21. The fourth-order valence-corrected chi connectivity index (χ4v) is 6.03. The van der Waals surface area contributed by atoms with E-state index in [2.05, 4.69) is 0 Å². The van der Waals surface area contributed by atoms with Crippen LogP contribution in [0.1, 0.15) is 25.7 Å². The van der Waals surface area contributed by atoms with E-state index in [1.165, 1.54) is 17.2 Å². The van der Waals surface area contributed by atoms with E-state index in [4.69, 9.17) is 0 Å². The van der Waals surface area contributed by atoms with Gasteiger partial charge in [0.15, 0.2) is 0 Å². The second kappa shape index (κ2) is 3.07. The maximum atomic E-state index is 11.3. The Balaban J connectivity index is 2.18. The summed E-state index contributed by atoms with van der Waals surface area (Å²) in [6.45, 7) is 0. The topological polar surface area (TPSA) is 37.3 Å². The molecule has 0 amide bonds. The summed E-state index contributed by atoms with van der Waals surface area (Å²) >= 11 is 0. The quantitative estimate of drug-likeness (QED) is 0.583. The molecule has 2 fully saturated rings. The zero-order valence-corrected chi connectivity index (χ0v) is 7.87. The third-order valence-electron chi connectivity index (χ3n) is 2.45. The number of aliphatic hydroxyl groups is 1. The van der Waals surface area contributed by atoms with Gasteiger partial charge in [-0.1, -0.05) is 23.6 Å². The lowest BCUT2D eigenvalue weighted by molar-refractivity contribution is 0.171. The predicted octanol–water partition coefficient (Wildman–Crippen LogP) is 1.07. The molecule has 1 aliphatic carbocycles. The number of hydrogen-bond donors (Lipinski definition) is 1. The van der Waals surface area contributed by atoms with Crippen LogP contribution in [0.5, 0.6) is 0 Å². The van der Waals surface area contributed by atoms with Gasteiger partial charge in [0, 0.05) is 5.25 Å². The molecule has 1 saturated heterocycles. The molecule has 4 unspecified atom stereocenters. The molecule has 0 aromatic rings. The van der Waals surface area contributed by atoms with Crippen molar-refractivity contribution in [2.75, 3.05) is 0 Å². The smallest absolute Gasteiger partial charge is 0.0865 e. The highest BCUT2D eigenvalue weighted by molar-refractivity contribution is 8.70. The van der Waals surface area contributed by atoms with Gasteiger partial charge in [0.1, 0.15) is 0 Å². The van der Waals surface area contributed by atoms with Gasteiger partial charge >= 0.3 is 0 Å². The predicted molar refractivity (Wildman–Crippen MR) is 47.8 cm³/mol. The average Bonchev–Trinajstić information content (AvgIpc) is 2.17. The van der Waals surface area contributed by atoms with Crippen LogP contribution in [0.25, 0.3) is 0 Å². The van der Waals surface area contributed by atoms with Crippen LogP contribution in [-0.4, -0.2) is 25.9 Å². The molecule has 0 spiro atoms. The summed E-state index contributed by atoms with van der Waals surface area (Å²) in [7, 11) is 0.677. The molecule has 2 aliphatic rings. The Morgan fingerprint density at radius 1 is 1.36 bits per heavy atom. The van der Waals surface area contributed by atoms with Crippen LogP contribution in [0, 0.1) is 0 Å². The lowest BCUT2D eigenvalue weighted by atomic mass is 10.1. The van der Waals surface area contributed by atoms with Crippen molar-refractivity contribution < 1.29 is 9.32 Å². The molecule has 0 aromatic carbocycles. The van der Waals surface area contributed by atoms with E-state index in [-0.39, 0.29) is 16.6 Å². The summed E-state index contributed by atoms with van der Waals surface area (Å²) in [4.78, 5) is 0. The van der Waals surface area contributed by atoms with Crippen molar-refractivity contribution in [2.45, 2.75) is 42.3 Å². The summed E-state index contributed by atoms with van der Waals surface area (Å²) < 4.78 is 11.3. The van der Waals surface area contributed by atoms with Crippen LogP contribution in [-0.2, 0) is 9.83 Å². The molecule has 2 bridgehead atoms. The summed E-state index contributed by atoms with van der Waals surface area (Å²) in [5.74, 6) is 0. The maximum absolute atomic E-state index is 11.3. The van der Waals surface area contributed by atoms with Crippen molar-refractivity contribution in [3.05, 3.63) is 0 Å². The van der Waals surface area contributed by atoms with Gasteiger partial charge < -0.3 is 5.11 Å². The first-order valence-electron chi connectivity index (χ1n) is 4.05. The molecule has 64 valence electrons. The molecule has 4 heteroatoms. The van der Waals surface area contributed by atoms with Gasteiger partial charge in [-0.05, 0) is 12.8 Å². The summed E-state index contributed by atoms with van der Waals surface area (Å²) in [5, 5.41) is 9.99. The molecule has 4 atom stereocenters. The summed E-state index contributed by atoms with van der Waals surface area (Å²) in [6.07, 6.45) is 4.06. The van der Waals surface area contributed by atoms with Crippen molar-refractivity contribution in [2.24, 2.45) is 0 Å². The fraction of sp³-hybridized carbons (Fsp3) is 1.00. The maximum Gasteiger partial charge on any atom is 0.0865 e. The molecule has 1 N–H and O–H groups in total. The van der Waals surface area contributed by atoms with Crippen LogP contribution in [0.4, 0.5) is 0 Å². The number of hydrogen-bond acceptors (Lipinski definition) is 3. The largest absolute Gasteiger partial charge is 0.391 e. The molecular weight excluding hydrogens is 180 g/mol. The highest BCUT2D eigenvalue weighted by Crippen LogP contribution is 2.41. The minimum Gasteiger partial charge on any atom is -0.391 e. The molecule has 0 aromatic heterocycles. The first-order valence-corrected chi connectivity index (χ1v) is 6.66. The summed E-state index contributed by atoms with van der Waals surface area (Å²) in [5.41, 5.74) is 0. The zero-order chi connectivity index (χ0) is 7.84. The Hall–Kier alpha value is 0.460. The van der Waals surface area contributed by atoms with Crippen LogP contribution in [0.2, 0.25) is 0 Å². The van der Waals surface area contributed by atoms with Crippen LogP contribution in [0.3, 0.4) is 0 Å². The Bertz CT molecular complexity index is 183. The normalized spacial score (nSPS) is 50.6. The van der Waals surface area contributed by atoms with Gasteiger partial charge in [-0.2, -0.15) is 0 Å². The van der Waals surface area contributed by atoms with E-state index >= 15 is 0 Å². The zero-order valence-electron chi connectivity index (χ0n) is 6.23. The first-order chi connectivity index (χ1) is 5.29. The third-order valence-corrected chi connectivity index (χ3v) is 6.47. The molecule has 2 rings (SSSR count). The third kappa shape index (κ3) is 1.36. The highest BCUT2D eigenvalue weighted by atomic mass is 33.1. The van der Waals surface area contributed by atoms with Gasteiger partial charge in [-0.25, -0.2) is 4.21 Å². The fourth-order valence-electron chi connectivity index (χ4n) is 1.78. The van der Waals surface area contributed by atoms with Crippen molar-refractivity contribution in [3.8, 4) is 0 Å². The molecule has 0 radical (unpaired) electrons. The van der Waals surface area contributed by atoms with Crippen molar-refractivity contribution in [1.29, 1.82) is 0 Å². The van der Waals surface area contributed by atoms with Crippen molar-refractivity contribution >= 4 is 20.6 Å². The van der Waals surface area contributed by atoms with E-state index < -0.39 is 9.83 Å².